The first-order valence-corrected chi connectivity index (χ1v) is 13.7. The van der Waals surface area contributed by atoms with Crippen LogP contribution in [0.4, 0.5) is 11.4 Å². The van der Waals surface area contributed by atoms with E-state index < -0.39 is 5.92 Å². The summed E-state index contributed by atoms with van der Waals surface area (Å²) in [6.45, 7) is 5.44. The Morgan fingerprint density at radius 2 is 1.78 bits per heavy atom. The van der Waals surface area contributed by atoms with Crippen LogP contribution in [-0.2, 0) is 11.3 Å². The molecule has 2 fully saturated rings. The molecule has 2 amide bonds. The third-order valence-electron chi connectivity index (χ3n) is 8.07. The zero-order valence-corrected chi connectivity index (χ0v) is 21.3. The normalized spacial score (nSPS) is 21.8. The molecule has 1 saturated heterocycles. The largest absolute Gasteiger partial charge is 0.349 e. The van der Waals surface area contributed by atoms with Crippen molar-refractivity contribution in [2.24, 2.45) is 10.9 Å². The van der Waals surface area contributed by atoms with Crippen molar-refractivity contribution in [1.29, 1.82) is 0 Å². The second kappa shape index (κ2) is 11.4. The number of carbonyl (C=O) groups excluding carboxylic acids is 2. The van der Waals surface area contributed by atoms with E-state index in [4.69, 9.17) is 0 Å². The molecule has 0 bridgehead atoms. The van der Waals surface area contributed by atoms with Crippen molar-refractivity contribution in [3.05, 3.63) is 59.2 Å². The monoisotopic (exact) mass is 486 g/mol. The van der Waals surface area contributed by atoms with Gasteiger partial charge in [-0.25, -0.2) is 0 Å². The first kappa shape index (κ1) is 24.7. The molecule has 6 heteroatoms. The highest BCUT2D eigenvalue weighted by atomic mass is 16.2. The minimum Gasteiger partial charge on any atom is -0.349 e. The summed E-state index contributed by atoms with van der Waals surface area (Å²) in [6.07, 6.45) is 11.8. The van der Waals surface area contributed by atoms with Crippen LogP contribution in [0.2, 0.25) is 0 Å². The van der Waals surface area contributed by atoms with Crippen LogP contribution in [0, 0.1) is 5.92 Å². The van der Waals surface area contributed by atoms with Crippen LogP contribution in [0.5, 0.6) is 0 Å². The molecule has 2 aliphatic heterocycles. The van der Waals surface area contributed by atoms with Gasteiger partial charge >= 0.3 is 0 Å². The van der Waals surface area contributed by atoms with E-state index in [0.29, 0.717) is 11.5 Å². The number of piperidine rings is 1. The van der Waals surface area contributed by atoms with Crippen molar-refractivity contribution < 1.29 is 9.59 Å². The highest BCUT2D eigenvalue weighted by Crippen LogP contribution is 2.33. The van der Waals surface area contributed by atoms with Crippen LogP contribution in [0.3, 0.4) is 0 Å². The zero-order chi connectivity index (χ0) is 24.9. The summed E-state index contributed by atoms with van der Waals surface area (Å²) in [6, 6.07) is 13.9. The molecule has 5 rings (SSSR count). The van der Waals surface area contributed by atoms with Gasteiger partial charge in [0.1, 0.15) is 5.92 Å². The minimum atomic E-state index is -0.503. The van der Waals surface area contributed by atoms with Gasteiger partial charge in [0.15, 0.2) is 0 Å². The summed E-state index contributed by atoms with van der Waals surface area (Å²) < 4.78 is 0. The molecule has 2 aromatic carbocycles. The number of amides is 2. The molecule has 2 heterocycles. The number of nitrogens with zero attached hydrogens (tertiary/aromatic N) is 2. The van der Waals surface area contributed by atoms with Crippen molar-refractivity contribution in [2.75, 3.05) is 18.4 Å². The van der Waals surface area contributed by atoms with E-state index in [0.717, 1.165) is 23.5 Å². The van der Waals surface area contributed by atoms with Crippen LogP contribution in [0.15, 0.2) is 47.5 Å². The number of carbonyl (C=O) groups is 2. The van der Waals surface area contributed by atoms with Gasteiger partial charge in [-0.1, -0.05) is 37.8 Å². The second-order valence-corrected chi connectivity index (χ2v) is 10.7. The molecular weight excluding hydrogens is 448 g/mol. The maximum Gasteiger partial charge on any atom is 0.251 e. The highest BCUT2D eigenvalue weighted by molar-refractivity contribution is 6.13. The van der Waals surface area contributed by atoms with Crippen LogP contribution in [0.1, 0.15) is 85.7 Å². The number of likely N-dealkylation sites (tertiary alicyclic amines) is 1. The summed E-state index contributed by atoms with van der Waals surface area (Å²) >= 11 is 0. The number of hydrogen-bond donors (Lipinski definition) is 2. The standard InChI is InChI=1S/C30H38N4O2/c1-21(23-8-4-2-5-9-23)32-29(35)24-12-15-28-26(18-24)27(30(36)33-28)19-31-25-13-10-22(11-14-25)20-34-16-6-3-7-17-34/h10-15,18-19,21,23,27H,2-9,16-17,20H2,1H3,(H,32,35)(H,33,36). The van der Waals surface area contributed by atoms with Gasteiger partial charge in [0.25, 0.3) is 5.91 Å². The lowest BCUT2D eigenvalue weighted by atomic mass is 9.84. The summed E-state index contributed by atoms with van der Waals surface area (Å²) in [5.41, 5.74) is 4.27. The first-order valence-electron chi connectivity index (χ1n) is 13.7. The van der Waals surface area contributed by atoms with E-state index in [1.54, 1.807) is 12.3 Å². The fourth-order valence-electron chi connectivity index (χ4n) is 5.84. The lowest BCUT2D eigenvalue weighted by Gasteiger charge is -2.28. The molecule has 1 saturated carbocycles. The molecule has 1 aliphatic carbocycles. The predicted molar refractivity (Wildman–Crippen MR) is 145 cm³/mol. The lowest BCUT2D eigenvalue weighted by Crippen LogP contribution is -2.38. The third-order valence-corrected chi connectivity index (χ3v) is 8.07. The summed E-state index contributed by atoms with van der Waals surface area (Å²) in [5.74, 6) is -0.137. The molecule has 36 heavy (non-hydrogen) atoms. The van der Waals surface area contributed by atoms with Gasteiger partial charge in [-0.2, -0.15) is 0 Å². The van der Waals surface area contributed by atoms with Crippen LogP contribution in [-0.4, -0.2) is 42.1 Å². The molecular formula is C30H38N4O2. The molecule has 0 spiro atoms. The Labute approximate surface area is 214 Å². The maximum atomic E-state index is 13.0. The van der Waals surface area contributed by atoms with Gasteiger partial charge in [-0.05, 0) is 93.1 Å². The molecule has 2 aromatic rings. The number of nitrogens with one attached hydrogen (secondary N) is 2. The quantitative estimate of drug-likeness (QED) is 0.485. The Hall–Kier alpha value is -2.99. The summed E-state index contributed by atoms with van der Waals surface area (Å²) in [7, 11) is 0. The van der Waals surface area contributed by atoms with E-state index in [-0.39, 0.29) is 17.9 Å². The van der Waals surface area contributed by atoms with Crippen LogP contribution >= 0.6 is 0 Å². The topological polar surface area (TPSA) is 73.8 Å². The smallest absolute Gasteiger partial charge is 0.251 e. The molecule has 2 atom stereocenters. The molecule has 0 radical (unpaired) electrons. The van der Waals surface area contributed by atoms with Gasteiger partial charge in [0, 0.05) is 30.1 Å². The van der Waals surface area contributed by atoms with Gasteiger partial charge in [-0.15, -0.1) is 0 Å². The Morgan fingerprint density at radius 3 is 2.53 bits per heavy atom. The lowest BCUT2D eigenvalue weighted by molar-refractivity contribution is -0.115. The Morgan fingerprint density at radius 1 is 1.06 bits per heavy atom. The Balaban J connectivity index is 1.24. The van der Waals surface area contributed by atoms with Gasteiger partial charge in [0.2, 0.25) is 5.91 Å². The number of aliphatic imine (C=N–C) groups is 1. The number of rotatable bonds is 7. The van der Waals surface area contributed by atoms with Gasteiger partial charge in [0.05, 0.1) is 5.69 Å². The molecule has 0 aromatic heterocycles. The van der Waals surface area contributed by atoms with E-state index in [2.05, 4.69) is 39.6 Å². The molecule has 2 N–H and O–H groups in total. The fraction of sp³-hybridized carbons (Fsp3) is 0.500. The van der Waals surface area contributed by atoms with Crippen molar-refractivity contribution in [2.45, 2.75) is 76.8 Å². The number of fused-ring (bicyclic) bond motifs is 1. The predicted octanol–water partition coefficient (Wildman–Crippen LogP) is 5.81. The minimum absolute atomic E-state index is 0.0739. The van der Waals surface area contributed by atoms with E-state index in [1.807, 2.05) is 24.3 Å². The average molecular weight is 487 g/mol. The summed E-state index contributed by atoms with van der Waals surface area (Å²) in [4.78, 5) is 32.8. The molecule has 190 valence electrons. The van der Waals surface area contributed by atoms with Crippen LogP contribution in [0.25, 0.3) is 0 Å². The molecule has 6 nitrogen and oxygen atoms in total. The van der Waals surface area contributed by atoms with Crippen molar-refractivity contribution in [1.82, 2.24) is 10.2 Å². The van der Waals surface area contributed by atoms with Crippen molar-refractivity contribution in [3.8, 4) is 0 Å². The third kappa shape index (κ3) is 5.86. The molecule has 3 aliphatic rings. The van der Waals surface area contributed by atoms with E-state index >= 15 is 0 Å². The van der Waals surface area contributed by atoms with Crippen LogP contribution < -0.4 is 10.6 Å². The van der Waals surface area contributed by atoms with Gasteiger partial charge in [-0.3, -0.25) is 19.5 Å². The van der Waals surface area contributed by atoms with Crippen molar-refractivity contribution >= 4 is 29.4 Å². The molecule has 2 unspecified atom stereocenters. The average Bonchev–Trinajstić information content (AvgIpc) is 3.23. The van der Waals surface area contributed by atoms with E-state index in [9.17, 15) is 9.59 Å². The maximum absolute atomic E-state index is 13.0. The Bertz CT molecular complexity index is 1100. The van der Waals surface area contributed by atoms with Gasteiger partial charge < -0.3 is 10.6 Å². The first-order chi connectivity index (χ1) is 17.6. The van der Waals surface area contributed by atoms with Crippen molar-refractivity contribution in [3.63, 3.8) is 0 Å². The highest BCUT2D eigenvalue weighted by Gasteiger charge is 2.30. The summed E-state index contributed by atoms with van der Waals surface area (Å²) in [5, 5.41) is 6.12. The zero-order valence-electron chi connectivity index (χ0n) is 21.3. The number of hydrogen-bond acceptors (Lipinski definition) is 4. The SMILES string of the molecule is CC(NC(=O)c1ccc2c(c1)C(C=Nc1ccc(CN3CCCCC3)cc1)C(=O)N2)C1CCCCC1. The Kier molecular flexibility index (Phi) is 7.81. The fourth-order valence-corrected chi connectivity index (χ4v) is 5.84. The second-order valence-electron chi connectivity index (χ2n) is 10.7. The van der Waals surface area contributed by atoms with E-state index in [1.165, 1.54) is 70.0 Å². The number of anilines is 1. The number of benzene rings is 2.